The van der Waals surface area contributed by atoms with Gasteiger partial charge in [0.25, 0.3) is 0 Å². The molecule has 2 heterocycles. The van der Waals surface area contributed by atoms with Crippen LogP contribution in [0.25, 0.3) is 0 Å². The van der Waals surface area contributed by atoms with Crippen LogP contribution in [0.5, 0.6) is 0 Å². The highest BCUT2D eigenvalue weighted by molar-refractivity contribution is 5.95. The van der Waals surface area contributed by atoms with Gasteiger partial charge < -0.3 is 14.8 Å². The zero-order valence-electron chi connectivity index (χ0n) is 23.8. The molecule has 1 aliphatic carbocycles. The average Bonchev–Trinajstić information content (AvgIpc) is 3.01. The third-order valence-electron chi connectivity index (χ3n) is 7.98. The number of rotatable bonds is 10. The molecule has 1 aromatic heterocycles. The molecule has 1 aromatic carbocycles. The number of Topliss-reactive ketones (excluding diaryl/α,β-unsaturated/α-hetero) is 1. The van der Waals surface area contributed by atoms with E-state index in [0.29, 0.717) is 18.5 Å². The Morgan fingerprint density at radius 3 is 2.36 bits per heavy atom. The van der Waals surface area contributed by atoms with E-state index in [2.05, 4.69) is 15.3 Å². The summed E-state index contributed by atoms with van der Waals surface area (Å²) in [5.41, 5.74) is 1.04. The van der Waals surface area contributed by atoms with Crippen molar-refractivity contribution in [2.45, 2.75) is 63.3 Å². The maximum atomic E-state index is 16.0. The van der Waals surface area contributed by atoms with Crippen molar-refractivity contribution < 1.29 is 37.0 Å². The number of likely N-dealkylation sites (tertiary alicyclic amines) is 1. The molecular formula is C30H35F3N4O5. The van der Waals surface area contributed by atoms with Crippen LogP contribution in [0.3, 0.4) is 0 Å². The van der Waals surface area contributed by atoms with Gasteiger partial charge in [-0.2, -0.15) is 0 Å². The minimum absolute atomic E-state index is 0.198. The van der Waals surface area contributed by atoms with Gasteiger partial charge in [0, 0.05) is 43.6 Å². The van der Waals surface area contributed by atoms with Crippen LogP contribution in [0.2, 0.25) is 0 Å². The summed E-state index contributed by atoms with van der Waals surface area (Å²) in [5.74, 6) is -5.37. The molecule has 12 heteroatoms. The lowest BCUT2D eigenvalue weighted by atomic mass is 9.70. The Kier molecular flexibility index (Phi) is 10.4. The molecule has 0 bridgehead atoms. The van der Waals surface area contributed by atoms with Gasteiger partial charge in [-0.05, 0) is 36.5 Å². The van der Waals surface area contributed by atoms with E-state index in [0.717, 1.165) is 25.5 Å². The minimum Gasteiger partial charge on any atom is -0.466 e. The number of nitrogens with zero attached hydrogens (tertiary/aromatic N) is 3. The fraction of sp³-hybridized carbons (Fsp3) is 0.500. The van der Waals surface area contributed by atoms with Crippen LogP contribution in [0, 0.1) is 5.92 Å². The summed E-state index contributed by atoms with van der Waals surface area (Å²) < 4.78 is 54.7. The number of amides is 1. The Morgan fingerprint density at radius 1 is 1.07 bits per heavy atom. The fourth-order valence-electron chi connectivity index (χ4n) is 6.01. The monoisotopic (exact) mass is 588 g/mol. The number of nitrogens with one attached hydrogen (secondary N) is 1. The summed E-state index contributed by atoms with van der Waals surface area (Å²) in [5, 5.41) is 2.68. The van der Waals surface area contributed by atoms with Crippen molar-refractivity contribution in [3.63, 3.8) is 0 Å². The van der Waals surface area contributed by atoms with E-state index < -0.39 is 61.3 Å². The first-order valence-corrected chi connectivity index (χ1v) is 13.8. The second-order valence-corrected chi connectivity index (χ2v) is 10.5. The summed E-state index contributed by atoms with van der Waals surface area (Å²) in [6.45, 7) is 0.755. The number of halogens is 3. The van der Waals surface area contributed by atoms with Gasteiger partial charge >= 0.3 is 5.97 Å². The summed E-state index contributed by atoms with van der Waals surface area (Å²) in [4.78, 5) is 49.7. The zero-order chi connectivity index (χ0) is 30.4. The number of ether oxygens (including phenoxy) is 2. The summed E-state index contributed by atoms with van der Waals surface area (Å²) in [6, 6.07) is 6.65. The normalized spacial score (nSPS) is 25.5. The van der Waals surface area contributed by atoms with Gasteiger partial charge in [0.1, 0.15) is 25.3 Å². The molecule has 6 atom stereocenters. The molecule has 1 fully saturated rings. The fourth-order valence-corrected chi connectivity index (χ4v) is 6.01. The lowest BCUT2D eigenvalue weighted by Crippen LogP contribution is -2.58. The Labute approximate surface area is 242 Å². The molecule has 6 unspecified atom stereocenters. The van der Waals surface area contributed by atoms with Crippen molar-refractivity contribution >= 4 is 17.7 Å². The molecule has 0 radical (unpaired) electrons. The van der Waals surface area contributed by atoms with E-state index in [-0.39, 0.29) is 22.8 Å². The van der Waals surface area contributed by atoms with E-state index >= 15 is 8.78 Å². The van der Waals surface area contributed by atoms with Crippen molar-refractivity contribution in [1.29, 1.82) is 0 Å². The Morgan fingerprint density at radius 2 is 1.76 bits per heavy atom. The van der Waals surface area contributed by atoms with Crippen LogP contribution in [-0.2, 0) is 30.5 Å². The van der Waals surface area contributed by atoms with E-state index in [1.54, 1.807) is 24.3 Å². The number of ketones is 1. The summed E-state index contributed by atoms with van der Waals surface area (Å²) in [7, 11) is 2.38. The smallest absolute Gasteiger partial charge is 0.334 e. The van der Waals surface area contributed by atoms with Crippen molar-refractivity contribution in [3.8, 4) is 0 Å². The SMILES string of the molecule is COCC1=C(C(=O)OC)C(c2cncnc2)C(C(=O)NC(C(C)=O)N2CCCCC2c2ccc(CF)cc2)C(F)C1F. The third-order valence-corrected chi connectivity index (χ3v) is 7.98. The van der Waals surface area contributed by atoms with Crippen molar-refractivity contribution in [2.75, 3.05) is 27.4 Å². The van der Waals surface area contributed by atoms with Crippen LogP contribution in [-0.4, -0.2) is 78.4 Å². The van der Waals surface area contributed by atoms with Crippen molar-refractivity contribution in [1.82, 2.24) is 20.2 Å². The van der Waals surface area contributed by atoms with E-state index in [1.807, 2.05) is 4.90 Å². The predicted molar refractivity (Wildman–Crippen MR) is 146 cm³/mol. The first-order chi connectivity index (χ1) is 20.2. The van der Waals surface area contributed by atoms with Gasteiger partial charge in [-0.1, -0.05) is 30.7 Å². The topological polar surface area (TPSA) is 111 Å². The van der Waals surface area contributed by atoms with E-state index in [9.17, 15) is 18.8 Å². The lowest BCUT2D eigenvalue weighted by molar-refractivity contribution is -0.140. The molecule has 1 saturated heterocycles. The molecule has 42 heavy (non-hydrogen) atoms. The Bertz CT molecular complexity index is 1290. The molecule has 1 amide bonds. The maximum absolute atomic E-state index is 16.0. The second kappa shape index (κ2) is 14.0. The number of esters is 1. The molecule has 0 saturated carbocycles. The number of piperidine rings is 1. The first kappa shape index (κ1) is 31.3. The molecule has 9 nitrogen and oxygen atoms in total. The summed E-state index contributed by atoms with van der Waals surface area (Å²) >= 11 is 0. The van der Waals surface area contributed by atoms with Gasteiger partial charge in [0.15, 0.2) is 12.0 Å². The third kappa shape index (κ3) is 6.39. The largest absolute Gasteiger partial charge is 0.466 e. The van der Waals surface area contributed by atoms with Crippen molar-refractivity contribution in [2.24, 2.45) is 5.92 Å². The van der Waals surface area contributed by atoms with Gasteiger partial charge in [-0.15, -0.1) is 0 Å². The molecule has 4 rings (SSSR count). The number of methoxy groups -OCH3 is 2. The molecule has 1 N–H and O–H groups in total. The van der Waals surface area contributed by atoms with Crippen LogP contribution < -0.4 is 5.32 Å². The van der Waals surface area contributed by atoms with Crippen LogP contribution in [0.15, 0.2) is 54.1 Å². The predicted octanol–water partition coefficient (Wildman–Crippen LogP) is 3.71. The van der Waals surface area contributed by atoms with Gasteiger partial charge in [-0.25, -0.2) is 27.9 Å². The molecule has 2 aromatic rings. The quantitative estimate of drug-likeness (QED) is 0.419. The number of benzene rings is 1. The standard InChI is InChI=1S/C30H35F3N4O5/c1-17(38)28(37-11-5-4-6-22(37)19-9-7-18(12-31)8-10-19)36-29(39)25-23(20-13-34-16-35-14-20)24(30(40)42-3)21(15-41-2)26(32)27(25)33/h7-10,13-14,16,22-23,25-28H,4-6,11-12,15H2,1-3H3,(H,36,39). The highest BCUT2D eigenvalue weighted by Crippen LogP contribution is 2.45. The van der Waals surface area contributed by atoms with Gasteiger partial charge in [0.05, 0.1) is 25.2 Å². The summed E-state index contributed by atoms with van der Waals surface area (Å²) in [6.07, 6.45) is 0.279. The zero-order valence-corrected chi connectivity index (χ0v) is 23.8. The van der Waals surface area contributed by atoms with Crippen molar-refractivity contribution in [3.05, 3.63) is 70.8 Å². The van der Waals surface area contributed by atoms with E-state index in [1.165, 1.54) is 32.8 Å². The Hall–Kier alpha value is -3.64. The van der Waals surface area contributed by atoms with Gasteiger partial charge in [0.2, 0.25) is 5.91 Å². The number of carbonyl (C=O) groups excluding carboxylic acids is 3. The molecule has 226 valence electrons. The van der Waals surface area contributed by atoms with Crippen LogP contribution in [0.1, 0.15) is 54.8 Å². The highest BCUT2D eigenvalue weighted by atomic mass is 19.2. The number of hydrogen-bond donors (Lipinski definition) is 1. The lowest BCUT2D eigenvalue weighted by Gasteiger charge is -2.42. The molecule has 1 aliphatic heterocycles. The number of aromatic nitrogens is 2. The molecule has 2 aliphatic rings. The second-order valence-electron chi connectivity index (χ2n) is 10.5. The molecular weight excluding hydrogens is 553 g/mol. The minimum atomic E-state index is -2.38. The highest BCUT2D eigenvalue weighted by Gasteiger charge is 2.52. The molecule has 0 spiro atoms. The number of hydrogen-bond acceptors (Lipinski definition) is 8. The van der Waals surface area contributed by atoms with E-state index in [4.69, 9.17) is 9.47 Å². The van der Waals surface area contributed by atoms with Gasteiger partial charge in [-0.3, -0.25) is 14.5 Å². The number of alkyl halides is 3. The Balaban J connectivity index is 1.73. The first-order valence-electron chi connectivity index (χ1n) is 13.8. The van der Waals surface area contributed by atoms with Crippen LogP contribution >= 0.6 is 0 Å². The average molecular weight is 589 g/mol. The number of carbonyl (C=O) groups is 3. The maximum Gasteiger partial charge on any atom is 0.334 e. The van der Waals surface area contributed by atoms with Crippen LogP contribution in [0.4, 0.5) is 13.2 Å².